The molecule has 0 aliphatic rings. The highest BCUT2D eigenvalue weighted by molar-refractivity contribution is 7.17. The van der Waals surface area contributed by atoms with Crippen LogP contribution in [-0.2, 0) is 4.79 Å². The lowest BCUT2D eigenvalue weighted by molar-refractivity contribution is -0.118. The lowest BCUT2D eigenvalue weighted by atomic mass is 10.0. The molecule has 9 heteroatoms. The molecule has 1 N–H and O–H groups in total. The predicted molar refractivity (Wildman–Crippen MR) is 135 cm³/mol. The molecule has 0 atom stereocenters. The summed E-state index contributed by atoms with van der Waals surface area (Å²) >= 11 is 1.09. The summed E-state index contributed by atoms with van der Waals surface area (Å²) in [5.74, 6) is 0.153. The van der Waals surface area contributed by atoms with Gasteiger partial charge in [0.1, 0.15) is 11.3 Å². The maximum atomic E-state index is 13.5. The van der Waals surface area contributed by atoms with Gasteiger partial charge >= 0.3 is 0 Å². The first kappa shape index (κ1) is 24.2. The number of Topliss-reactive ketones (excluding diaryl/α,β-unsaturated/α-hetero) is 1. The molecule has 1 amide bonds. The van der Waals surface area contributed by atoms with Gasteiger partial charge in [-0.1, -0.05) is 17.4 Å². The van der Waals surface area contributed by atoms with Crippen molar-refractivity contribution in [2.24, 2.45) is 0 Å². The largest absolute Gasteiger partial charge is 0.497 e. The zero-order valence-electron chi connectivity index (χ0n) is 20.0. The number of ketones is 1. The third-order valence-corrected chi connectivity index (χ3v) is 6.53. The van der Waals surface area contributed by atoms with Gasteiger partial charge in [-0.3, -0.25) is 19.7 Å². The first-order valence-electron chi connectivity index (χ1n) is 10.8. The number of carbonyl (C=O) groups excluding carboxylic acids is 2. The number of aryl methyl sites for hydroxylation is 3. The Morgan fingerprint density at radius 1 is 1.11 bits per heavy atom. The van der Waals surface area contributed by atoms with Crippen LogP contribution in [0.3, 0.4) is 0 Å². The highest BCUT2D eigenvalue weighted by Gasteiger charge is 2.21. The van der Waals surface area contributed by atoms with Crippen LogP contribution in [0.5, 0.6) is 11.5 Å². The number of anilines is 1. The van der Waals surface area contributed by atoms with Crippen LogP contribution in [-0.4, -0.2) is 30.4 Å². The number of carbonyl (C=O) groups is 2. The van der Waals surface area contributed by atoms with Crippen molar-refractivity contribution in [3.05, 3.63) is 68.3 Å². The first-order chi connectivity index (χ1) is 16.7. The zero-order chi connectivity index (χ0) is 25.3. The number of aromatic nitrogens is 1. The maximum Gasteiger partial charge on any atom is 0.264 e. The molecule has 0 aliphatic carbocycles. The second-order valence-electron chi connectivity index (χ2n) is 8.10. The molecule has 4 rings (SSSR count). The van der Waals surface area contributed by atoms with Gasteiger partial charge in [-0.15, -0.1) is 0 Å². The number of amides is 1. The van der Waals surface area contributed by atoms with Crippen LogP contribution in [0.2, 0.25) is 0 Å². The molecular weight excluding hydrogens is 468 g/mol. The number of thiazole rings is 1. The zero-order valence-corrected chi connectivity index (χ0v) is 20.8. The van der Waals surface area contributed by atoms with Gasteiger partial charge in [-0.2, -0.15) is 0 Å². The highest BCUT2D eigenvalue weighted by atomic mass is 32.1. The quantitative estimate of drug-likeness (QED) is 0.359. The van der Waals surface area contributed by atoms with Crippen molar-refractivity contribution in [1.29, 1.82) is 0 Å². The van der Waals surface area contributed by atoms with Crippen LogP contribution in [0.1, 0.15) is 33.4 Å². The fourth-order valence-electron chi connectivity index (χ4n) is 3.81. The van der Waals surface area contributed by atoms with E-state index < -0.39 is 12.5 Å². The Balaban J connectivity index is 1.70. The lowest BCUT2D eigenvalue weighted by Gasteiger charge is -2.13. The normalized spacial score (nSPS) is 10.9. The van der Waals surface area contributed by atoms with Gasteiger partial charge in [0.2, 0.25) is 11.2 Å². The molecule has 0 saturated heterocycles. The van der Waals surface area contributed by atoms with E-state index in [2.05, 4.69) is 10.3 Å². The third-order valence-electron chi connectivity index (χ3n) is 5.36. The number of nitrogens with zero attached hydrogens (tertiary/aromatic N) is 1. The molecule has 2 aromatic heterocycles. The Morgan fingerprint density at radius 2 is 1.83 bits per heavy atom. The average Bonchev–Trinajstić information content (AvgIpc) is 3.17. The van der Waals surface area contributed by atoms with Crippen molar-refractivity contribution >= 4 is 39.1 Å². The van der Waals surface area contributed by atoms with Crippen molar-refractivity contribution in [3.8, 4) is 22.8 Å². The summed E-state index contributed by atoms with van der Waals surface area (Å²) in [7, 11) is 1.56. The molecule has 0 saturated carbocycles. The topological polar surface area (TPSA) is 108 Å². The maximum absolute atomic E-state index is 13.5. The summed E-state index contributed by atoms with van der Waals surface area (Å²) in [5, 5.41) is 3.30. The van der Waals surface area contributed by atoms with E-state index >= 15 is 0 Å². The fourth-order valence-corrected chi connectivity index (χ4v) is 4.68. The summed E-state index contributed by atoms with van der Waals surface area (Å²) in [6.07, 6.45) is 0. The van der Waals surface area contributed by atoms with E-state index in [-0.39, 0.29) is 27.9 Å². The van der Waals surface area contributed by atoms with E-state index in [0.717, 1.165) is 22.5 Å². The Labute approximate surface area is 205 Å². The van der Waals surface area contributed by atoms with Crippen LogP contribution < -0.4 is 20.2 Å². The van der Waals surface area contributed by atoms with E-state index in [9.17, 15) is 14.4 Å². The van der Waals surface area contributed by atoms with Crippen molar-refractivity contribution in [1.82, 2.24) is 4.98 Å². The van der Waals surface area contributed by atoms with Crippen LogP contribution in [0.4, 0.5) is 5.13 Å². The lowest BCUT2D eigenvalue weighted by Crippen LogP contribution is -2.22. The molecule has 0 aliphatic heterocycles. The first-order valence-corrected chi connectivity index (χ1v) is 11.6. The minimum absolute atomic E-state index is 0.0653. The van der Waals surface area contributed by atoms with Gasteiger partial charge in [0, 0.05) is 12.5 Å². The molecule has 0 spiro atoms. The number of benzene rings is 2. The number of hydrogen-bond donors (Lipinski definition) is 1. The summed E-state index contributed by atoms with van der Waals surface area (Å²) < 4.78 is 17.1. The van der Waals surface area contributed by atoms with Gasteiger partial charge < -0.3 is 13.9 Å². The summed E-state index contributed by atoms with van der Waals surface area (Å²) in [5.41, 5.74) is 2.91. The SMILES string of the molecule is COc1ccc(-c2oc3cc(C)cc(C)c3c(=O)c2OCC(=O)Nc2nc(C)c(C(C)=O)s2)cc1. The minimum Gasteiger partial charge on any atom is -0.497 e. The van der Waals surface area contributed by atoms with E-state index in [1.807, 2.05) is 19.9 Å². The molecule has 0 radical (unpaired) electrons. The number of methoxy groups -OCH3 is 1. The Kier molecular flexibility index (Phi) is 6.70. The molecule has 2 heterocycles. The summed E-state index contributed by atoms with van der Waals surface area (Å²) in [6.45, 7) is 6.45. The predicted octanol–water partition coefficient (Wildman–Crippen LogP) is 5.07. The average molecular weight is 493 g/mol. The van der Waals surface area contributed by atoms with Gasteiger partial charge in [0.25, 0.3) is 5.91 Å². The van der Waals surface area contributed by atoms with Crippen LogP contribution >= 0.6 is 11.3 Å². The van der Waals surface area contributed by atoms with Crippen LogP contribution in [0.15, 0.2) is 45.6 Å². The smallest absolute Gasteiger partial charge is 0.264 e. The van der Waals surface area contributed by atoms with E-state index in [1.165, 1.54) is 6.92 Å². The van der Waals surface area contributed by atoms with E-state index in [4.69, 9.17) is 13.9 Å². The van der Waals surface area contributed by atoms with Crippen LogP contribution in [0, 0.1) is 20.8 Å². The monoisotopic (exact) mass is 492 g/mol. The standard InChI is InChI=1S/C26H24N2O6S/c1-13-10-14(2)21-19(11-13)34-23(17-6-8-18(32-5)9-7-17)24(22(21)31)33-12-20(30)28-26-27-15(3)25(35-26)16(4)29/h6-11H,12H2,1-5H3,(H,27,28,30). The summed E-state index contributed by atoms with van der Waals surface area (Å²) in [4.78, 5) is 42.4. The Bertz CT molecular complexity index is 1500. The van der Waals surface area contributed by atoms with Crippen LogP contribution in [0.25, 0.3) is 22.3 Å². The van der Waals surface area contributed by atoms with Crippen molar-refractivity contribution in [2.45, 2.75) is 27.7 Å². The fraction of sp³-hybridized carbons (Fsp3) is 0.231. The number of nitrogens with one attached hydrogen (secondary N) is 1. The molecule has 0 fully saturated rings. The molecule has 180 valence electrons. The molecule has 35 heavy (non-hydrogen) atoms. The molecule has 8 nitrogen and oxygen atoms in total. The minimum atomic E-state index is -0.519. The number of ether oxygens (including phenoxy) is 2. The van der Waals surface area contributed by atoms with E-state index in [0.29, 0.717) is 32.9 Å². The third kappa shape index (κ3) is 4.95. The highest BCUT2D eigenvalue weighted by Crippen LogP contribution is 2.33. The Morgan fingerprint density at radius 3 is 2.46 bits per heavy atom. The second-order valence-corrected chi connectivity index (χ2v) is 9.10. The molecule has 0 unspecified atom stereocenters. The summed E-state index contributed by atoms with van der Waals surface area (Å²) in [6, 6.07) is 10.7. The number of fused-ring (bicyclic) bond motifs is 1. The van der Waals surface area contributed by atoms with Gasteiger partial charge in [-0.25, -0.2) is 4.98 Å². The van der Waals surface area contributed by atoms with Crippen molar-refractivity contribution in [2.75, 3.05) is 19.0 Å². The second kappa shape index (κ2) is 9.71. The molecule has 2 aromatic carbocycles. The van der Waals surface area contributed by atoms with Gasteiger partial charge in [0.15, 0.2) is 23.3 Å². The molecule has 0 bridgehead atoms. The van der Waals surface area contributed by atoms with Crippen molar-refractivity contribution in [3.63, 3.8) is 0 Å². The van der Waals surface area contributed by atoms with Gasteiger partial charge in [0.05, 0.1) is 23.1 Å². The Hall–Kier alpha value is -3.98. The van der Waals surface area contributed by atoms with Crippen molar-refractivity contribution < 1.29 is 23.5 Å². The van der Waals surface area contributed by atoms with E-state index in [1.54, 1.807) is 44.4 Å². The number of rotatable bonds is 7. The van der Waals surface area contributed by atoms with Gasteiger partial charge in [-0.05, 0) is 62.2 Å². The molecule has 4 aromatic rings. The molecular formula is C26H24N2O6S. The number of hydrogen-bond acceptors (Lipinski definition) is 8.